The van der Waals surface area contributed by atoms with Gasteiger partial charge in [0.05, 0.1) is 25.7 Å². The molecule has 0 radical (unpaired) electrons. The molecule has 0 aliphatic carbocycles. The van der Waals surface area contributed by atoms with E-state index in [1.807, 2.05) is 0 Å². The molecule has 1 heterocycles. The molecular formula is C14H21NO5S. The first-order valence-corrected chi connectivity index (χ1v) is 8.34. The van der Waals surface area contributed by atoms with E-state index in [1.165, 1.54) is 30.7 Å². The minimum atomic E-state index is -3.57. The summed E-state index contributed by atoms with van der Waals surface area (Å²) in [5, 5.41) is 9.43. The number of benzene rings is 1. The van der Waals surface area contributed by atoms with Gasteiger partial charge in [-0.3, -0.25) is 0 Å². The van der Waals surface area contributed by atoms with E-state index in [0.29, 0.717) is 30.2 Å². The third kappa shape index (κ3) is 3.14. The van der Waals surface area contributed by atoms with Crippen molar-refractivity contribution in [3.63, 3.8) is 0 Å². The molecule has 1 aromatic rings. The minimum absolute atomic E-state index is 0.131. The summed E-state index contributed by atoms with van der Waals surface area (Å²) in [6, 6.07) is 2.90. The average Bonchev–Trinajstić information content (AvgIpc) is 2.54. The van der Waals surface area contributed by atoms with Gasteiger partial charge in [0.15, 0.2) is 11.5 Å². The van der Waals surface area contributed by atoms with Crippen LogP contribution in [0.15, 0.2) is 17.0 Å². The van der Waals surface area contributed by atoms with Gasteiger partial charge in [0.1, 0.15) is 0 Å². The van der Waals surface area contributed by atoms with Gasteiger partial charge in [0.25, 0.3) is 0 Å². The van der Waals surface area contributed by atoms with Crippen molar-refractivity contribution >= 4 is 10.0 Å². The van der Waals surface area contributed by atoms with Gasteiger partial charge in [-0.25, -0.2) is 8.42 Å². The number of ether oxygens (including phenoxy) is 2. The summed E-state index contributed by atoms with van der Waals surface area (Å²) in [6.07, 6.45) is 2.80. The number of nitrogens with zero attached hydrogens (tertiary/aromatic N) is 1. The monoisotopic (exact) mass is 315 g/mol. The fourth-order valence-corrected chi connectivity index (χ4v) is 4.12. The molecule has 1 N–H and O–H groups in total. The molecule has 1 aliphatic rings. The van der Waals surface area contributed by atoms with E-state index in [1.54, 1.807) is 0 Å². The first kappa shape index (κ1) is 16.1. The van der Waals surface area contributed by atoms with E-state index in [0.717, 1.165) is 19.3 Å². The lowest BCUT2D eigenvalue weighted by molar-refractivity contribution is 0.269. The summed E-state index contributed by atoms with van der Waals surface area (Å²) >= 11 is 0. The molecule has 0 aromatic heterocycles. The zero-order valence-electron chi connectivity index (χ0n) is 12.3. The molecule has 1 aromatic carbocycles. The highest BCUT2D eigenvalue weighted by molar-refractivity contribution is 7.89. The molecule has 0 saturated carbocycles. The highest BCUT2D eigenvalue weighted by Crippen LogP contribution is 2.35. The highest BCUT2D eigenvalue weighted by Gasteiger charge is 2.28. The first-order valence-electron chi connectivity index (χ1n) is 6.90. The topological polar surface area (TPSA) is 76.1 Å². The van der Waals surface area contributed by atoms with Crippen LogP contribution in [0, 0.1) is 0 Å². The molecule has 0 amide bonds. The third-order valence-corrected chi connectivity index (χ3v) is 5.53. The maximum atomic E-state index is 12.7. The van der Waals surface area contributed by atoms with Crippen LogP contribution in [-0.4, -0.2) is 45.1 Å². The predicted octanol–water partition coefficient (Wildman–Crippen LogP) is 1.37. The number of aliphatic hydroxyl groups excluding tert-OH is 1. The Morgan fingerprint density at radius 2 is 1.81 bits per heavy atom. The van der Waals surface area contributed by atoms with Crippen molar-refractivity contribution in [2.45, 2.75) is 30.8 Å². The van der Waals surface area contributed by atoms with E-state index in [4.69, 9.17) is 9.47 Å². The van der Waals surface area contributed by atoms with Crippen LogP contribution in [0.2, 0.25) is 0 Å². The van der Waals surface area contributed by atoms with E-state index >= 15 is 0 Å². The van der Waals surface area contributed by atoms with Crippen LogP contribution < -0.4 is 9.47 Å². The van der Waals surface area contributed by atoms with Crippen molar-refractivity contribution in [2.75, 3.05) is 27.3 Å². The second kappa shape index (κ2) is 6.64. The van der Waals surface area contributed by atoms with E-state index in [-0.39, 0.29) is 11.5 Å². The number of rotatable bonds is 5. The minimum Gasteiger partial charge on any atom is -0.493 e. The maximum Gasteiger partial charge on any atom is 0.243 e. The summed E-state index contributed by atoms with van der Waals surface area (Å²) in [6.45, 7) is 0.749. The van der Waals surface area contributed by atoms with Gasteiger partial charge < -0.3 is 14.6 Å². The molecule has 0 atom stereocenters. The lowest BCUT2D eigenvalue weighted by atomic mass is 10.2. The summed E-state index contributed by atoms with van der Waals surface area (Å²) in [7, 11) is -0.671. The molecule has 6 nitrogen and oxygen atoms in total. The normalized spacial score (nSPS) is 16.7. The highest BCUT2D eigenvalue weighted by atomic mass is 32.2. The van der Waals surface area contributed by atoms with Gasteiger partial charge in [-0.1, -0.05) is 6.42 Å². The molecule has 1 saturated heterocycles. The van der Waals surface area contributed by atoms with Gasteiger partial charge in [-0.15, -0.1) is 0 Å². The van der Waals surface area contributed by atoms with Crippen LogP contribution in [0.1, 0.15) is 24.8 Å². The van der Waals surface area contributed by atoms with Gasteiger partial charge in [-0.05, 0) is 18.9 Å². The molecule has 21 heavy (non-hydrogen) atoms. The molecule has 0 spiro atoms. The van der Waals surface area contributed by atoms with Crippen molar-refractivity contribution < 1.29 is 23.0 Å². The van der Waals surface area contributed by atoms with Crippen LogP contribution in [0.5, 0.6) is 11.5 Å². The number of methoxy groups -OCH3 is 2. The Hall–Kier alpha value is -1.31. The number of hydrogen-bond acceptors (Lipinski definition) is 5. The quantitative estimate of drug-likeness (QED) is 0.888. The molecule has 118 valence electrons. The number of piperidine rings is 1. The Morgan fingerprint density at radius 3 is 2.33 bits per heavy atom. The van der Waals surface area contributed by atoms with Crippen LogP contribution in [0.25, 0.3) is 0 Å². The first-order chi connectivity index (χ1) is 10.0. The summed E-state index contributed by atoms with van der Waals surface area (Å²) in [5.41, 5.74) is 0.396. The van der Waals surface area contributed by atoms with Crippen LogP contribution >= 0.6 is 0 Å². The maximum absolute atomic E-state index is 12.7. The molecular weight excluding hydrogens is 294 g/mol. The van der Waals surface area contributed by atoms with Crippen LogP contribution in [0.3, 0.4) is 0 Å². The molecule has 1 aliphatic heterocycles. The van der Waals surface area contributed by atoms with Crippen molar-refractivity contribution in [1.82, 2.24) is 4.31 Å². The largest absolute Gasteiger partial charge is 0.493 e. The van der Waals surface area contributed by atoms with Crippen molar-refractivity contribution in [3.05, 3.63) is 17.7 Å². The number of aliphatic hydroxyl groups is 1. The standard InChI is InChI=1S/C14H21NO5S/c1-19-13-9-12(8-11(10-16)14(13)20-2)21(17,18)15-6-4-3-5-7-15/h8-9,16H,3-7,10H2,1-2H3. The predicted molar refractivity (Wildman–Crippen MR) is 78.1 cm³/mol. The average molecular weight is 315 g/mol. The van der Waals surface area contributed by atoms with Gasteiger partial charge in [-0.2, -0.15) is 4.31 Å². The lowest BCUT2D eigenvalue weighted by Gasteiger charge is -2.26. The van der Waals surface area contributed by atoms with Crippen molar-refractivity contribution in [3.8, 4) is 11.5 Å². The molecule has 2 rings (SSSR count). The smallest absolute Gasteiger partial charge is 0.243 e. The van der Waals surface area contributed by atoms with Gasteiger partial charge >= 0.3 is 0 Å². The second-order valence-electron chi connectivity index (χ2n) is 4.94. The second-order valence-corrected chi connectivity index (χ2v) is 6.88. The summed E-state index contributed by atoms with van der Waals surface area (Å²) in [4.78, 5) is 0.131. The molecule has 0 unspecified atom stereocenters. The molecule has 7 heteroatoms. The molecule has 0 bridgehead atoms. The van der Waals surface area contributed by atoms with Crippen molar-refractivity contribution in [2.24, 2.45) is 0 Å². The fourth-order valence-electron chi connectivity index (χ4n) is 2.54. The van der Waals surface area contributed by atoms with E-state index in [2.05, 4.69) is 0 Å². The third-order valence-electron chi connectivity index (χ3n) is 3.65. The SMILES string of the molecule is COc1cc(S(=O)(=O)N2CCCCC2)cc(CO)c1OC. The Morgan fingerprint density at radius 1 is 1.14 bits per heavy atom. The van der Waals surface area contributed by atoms with Crippen molar-refractivity contribution in [1.29, 1.82) is 0 Å². The Balaban J connectivity index is 2.47. The summed E-state index contributed by atoms with van der Waals surface area (Å²) in [5.74, 6) is 0.664. The zero-order valence-corrected chi connectivity index (χ0v) is 13.1. The fraction of sp³-hybridized carbons (Fsp3) is 0.571. The van der Waals surface area contributed by atoms with Gasteiger partial charge in [0.2, 0.25) is 10.0 Å². The Labute approximate surface area is 125 Å². The zero-order chi connectivity index (χ0) is 15.5. The summed E-state index contributed by atoms with van der Waals surface area (Å²) < 4.78 is 37.2. The number of sulfonamides is 1. The number of hydrogen-bond donors (Lipinski definition) is 1. The van der Waals surface area contributed by atoms with Crippen LogP contribution in [-0.2, 0) is 16.6 Å². The van der Waals surface area contributed by atoms with Gasteiger partial charge in [0, 0.05) is 24.7 Å². The molecule has 1 fully saturated rings. The van der Waals surface area contributed by atoms with Crippen LogP contribution in [0.4, 0.5) is 0 Å². The Kier molecular flexibility index (Phi) is 5.08. The lowest BCUT2D eigenvalue weighted by Crippen LogP contribution is -2.35. The van der Waals surface area contributed by atoms with E-state index in [9.17, 15) is 13.5 Å². The van der Waals surface area contributed by atoms with E-state index < -0.39 is 10.0 Å². The Bertz CT molecular complexity index is 568.